The Morgan fingerprint density at radius 2 is 2.21 bits per heavy atom. The van der Waals surface area contributed by atoms with E-state index in [1.165, 1.54) is 31.4 Å². The average Bonchev–Trinajstić information content (AvgIpc) is 2.40. The fraction of sp³-hybridized carbons (Fsp3) is 0.625. The van der Waals surface area contributed by atoms with E-state index < -0.39 is 0 Å². The van der Waals surface area contributed by atoms with E-state index in [1.54, 1.807) is 0 Å². The molecule has 19 heavy (non-hydrogen) atoms. The highest BCUT2D eigenvalue weighted by Gasteiger charge is 2.21. The Balaban J connectivity index is 2.18. The summed E-state index contributed by atoms with van der Waals surface area (Å²) in [6.07, 6.45) is 5.99. The van der Waals surface area contributed by atoms with Gasteiger partial charge in [-0.1, -0.05) is 24.6 Å². The minimum atomic E-state index is 0.154. The van der Waals surface area contributed by atoms with Gasteiger partial charge in [0, 0.05) is 29.3 Å². The lowest BCUT2D eigenvalue weighted by Gasteiger charge is -2.37. The van der Waals surface area contributed by atoms with Crippen LogP contribution in [-0.4, -0.2) is 18.6 Å². The van der Waals surface area contributed by atoms with Crippen molar-refractivity contribution in [1.29, 1.82) is 0 Å². The van der Waals surface area contributed by atoms with Crippen LogP contribution in [0.5, 0.6) is 0 Å². The van der Waals surface area contributed by atoms with Gasteiger partial charge in [-0.05, 0) is 56.7 Å². The molecule has 1 aromatic carbocycles. The number of halogens is 1. The molecular weight excluding hydrogens is 256 g/mol. The van der Waals surface area contributed by atoms with Crippen LogP contribution in [0.2, 0.25) is 5.02 Å². The maximum Gasteiger partial charge on any atom is 0.0459 e. The van der Waals surface area contributed by atoms with Gasteiger partial charge < -0.3 is 10.6 Å². The molecule has 2 unspecified atom stereocenters. The van der Waals surface area contributed by atoms with Gasteiger partial charge in [-0.25, -0.2) is 0 Å². The van der Waals surface area contributed by atoms with E-state index in [-0.39, 0.29) is 6.04 Å². The maximum absolute atomic E-state index is 6.40. The summed E-state index contributed by atoms with van der Waals surface area (Å²) in [6, 6.07) is 7.29. The Kier molecular flexibility index (Phi) is 5.12. The predicted octanol–water partition coefficient (Wildman–Crippen LogP) is 4.00. The summed E-state index contributed by atoms with van der Waals surface area (Å²) >= 11 is 6.40. The van der Waals surface area contributed by atoms with Gasteiger partial charge in [-0.2, -0.15) is 0 Å². The smallest absolute Gasteiger partial charge is 0.0459 e. The molecule has 0 aromatic heterocycles. The molecule has 1 aromatic rings. The molecule has 2 N–H and O–H groups in total. The van der Waals surface area contributed by atoms with Crippen LogP contribution in [-0.2, 0) is 6.42 Å². The van der Waals surface area contributed by atoms with Crippen LogP contribution in [0.15, 0.2) is 18.2 Å². The summed E-state index contributed by atoms with van der Waals surface area (Å²) in [7, 11) is 0. The van der Waals surface area contributed by atoms with Gasteiger partial charge in [0.15, 0.2) is 0 Å². The van der Waals surface area contributed by atoms with Crippen molar-refractivity contribution >= 4 is 17.3 Å². The van der Waals surface area contributed by atoms with Gasteiger partial charge in [0.25, 0.3) is 0 Å². The third kappa shape index (κ3) is 3.64. The number of hydrogen-bond donors (Lipinski definition) is 1. The van der Waals surface area contributed by atoms with E-state index in [0.717, 1.165) is 23.6 Å². The van der Waals surface area contributed by atoms with E-state index >= 15 is 0 Å². The second-order valence-electron chi connectivity index (χ2n) is 5.71. The Morgan fingerprint density at radius 1 is 1.42 bits per heavy atom. The quantitative estimate of drug-likeness (QED) is 0.903. The molecule has 2 atom stereocenters. The zero-order valence-corrected chi connectivity index (χ0v) is 12.8. The van der Waals surface area contributed by atoms with E-state index in [4.69, 9.17) is 17.3 Å². The second-order valence-corrected chi connectivity index (χ2v) is 6.12. The van der Waals surface area contributed by atoms with E-state index in [2.05, 4.69) is 30.0 Å². The van der Waals surface area contributed by atoms with Crippen LogP contribution in [0, 0.1) is 0 Å². The monoisotopic (exact) mass is 280 g/mol. The van der Waals surface area contributed by atoms with Crippen molar-refractivity contribution in [3.8, 4) is 0 Å². The van der Waals surface area contributed by atoms with Crippen molar-refractivity contribution in [1.82, 2.24) is 0 Å². The van der Waals surface area contributed by atoms with Crippen molar-refractivity contribution in [2.75, 3.05) is 11.4 Å². The zero-order valence-electron chi connectivity index (χ0n) is 12.0. The third-order valence-electron chi connectivity index (χ3n) is 4.01. The molecule has 1 heterocycles. The molecule has 2 rings (SSSR count). The molecule has 106 valence electrons. The number of rotatable bonds is 4. The topological polar surface area (TPSA) is 29.3 Å². The predicted molar refractivity (Wildman–Crippen MR) is 84.1 cm³/mol. The number of benzene rings is 1. The maximum atomic E-state index is 6.40. The summed E-state index contributed by atoms with van der Waals surface area (Å²) < 4.78 is 0. The number of anilines is 1. The molecule has 0 spiro atoms. The van der Waals surface area contributed by atoms with Crippen molar-refractivity contribution in [2.45, 2.75) is 58.0 Å². The molecule has 2 nitrogen and oxygen atoms in total. The average molecular weight is 281 g/mol. The summed E-state index contributed by atoms with van der Waals surface area (Å²) in [6.45, 7) is 5.44. The summed E-state index contributed by atoms with van der Waals surface area (Å²) in [5.41, 5.74) is 8.28. The van der Waals surface area contributed by atoms with Gasteiger partial charge in [0.1, 0.15) is 0 Å². The number of nitrogens with two attached hydrogens (primary N) is 1. The molecule has 0 bridgehead atoms. The Labute approximate surface area is 121 Å². The second kappa shape index (κ2) is 6.62. The molecular formula is C16H25ClN2. The van der Waals surface area contributed by atoms with Crippen LogP contribution >= 0.6 is 11.6 Å². The molecule has 0 radical (unpaired) electrons. The highest BCUT2D eigenvalue weighted by Crippen LogP contribution is 2.30. The minimum absolute atomic E-state index is 0.154. The molecule has 1 saturated heterocycles. The van der Waals surface area contributed by atoms with Crippen LogP contribution in [0.3, 0.4) is 0 Å². The third-order valence-corrected chi connectivity index (χ3v) is 4.36. The van der Waals surface area contributed by atoms with Gasteiger partial charge in [-0.15, -0.1) is 0 Å². The van der Waals surface area contributed by atoms with Crippen LogP contribution in [0.1, 0.15) is 45.1 Å². The summed E-state index contributed by atoms with van der Waals surface area (Å²) in [5, 5.41) is 0.857. The molecule has 1 aliphatic heterocycles. The standard InChI is InChI=1S/C16H25ClN2/c1-3-14-6-4-5-9-19(14)15-8-7-13(10-12(2)18)16(17)11-15/h7-8,11-12,14H,3-6,9-10,18H2,1-2H3. The van der Waals surface area contributed by atoms with Crippen LogP contribution in [0.4, 0.5) is 5.69 Å². The Bertz CT molecular complexity index is 417. The zero-order chi connectivity index (χ0) is 13.8. The normalized spacial score (nSPS) is 21.5. The van der Waals surface area contributed by atoms with Crippen molar-refractivity contribution in [2.24, 2.45) is 5.73 Å². The first-order valence-electron chi connectivity index (χ1n) is 7.42. The Morgan fingerprint density at radius 3 is 2.84 bits per heavy atom. The summed E-state index contributed by atoms with van der Waals surface area (Å²) in [5.74, 6) is 0. The number of hydrogen-bond acceptors (Lipinski definition) is 2. The number of nitrogens with zero attached hydrogens (tertiary/aromatic N) is 1. The van der Waals surface area contributed by atoms with Crippen molar-refractivity contribution < 1.29 is 0 Å². The molecule has 3 heteroatoms. The molecule has 1 aliphatic rings. The summed E-state index contributed by atoms with van der Waals surface area (Å²) in [4.78, 5) is 2.52. The molecule has 0 amide bonds. The van der Waals surface area contributed by atoms with Crippen molar-refractivity contribution in [3.63, 3.8) is 0 Å². The lowest BCUT2D eigenvalue weighted by Crippen LogP contribution is -2.39. The lowest BCUT2D eigenvalue weighted by atomic mass is 9.98. The highest BCUT2D eigenvalue weighted by atomic mass is 35.5. The Hall–Kier alpha value is -0.730. The molecule has 0 aliphatic carbocycles. The highest BCUT2D eigenvalue weighted by molar-refractivity contribution is 6.31. The van der Waals surface area contributed by atoms with Crippen molar-refractivity contribution in [3.05, 3.63) is 28.8 Å². The molecule has 0 saturated carbocycles. The largest absolute Gasteiger partial charge is 0.369 e. The van der Waals surface area contributed by atoms with Gasteiger partial charge in [0.2, 0.25) is 0 Å². The van der Waals surface area contributed by atoms with Crippen LogP contribution in [0.25, 0.3) is 0 Å². The number of piperidine rings is 1. The first-order chi connectivity index (χ1) is 9.11. The van der Waals surface area contributed by atoms with E-state index in [1.807, 2.05) is 6.92 Å². The minimum Gasteiger partial charge on any atom is -0.369 e. The van der Waals surface area contributed by atoms with E-state index in [0.29, 0.717) is 6.04 Å². The first kappa shape index (κ1) is 14.7. The fourth-order valence-corrected chi connectivity index (χ4v) is 3.24. The van der Waals surface area contributed by atoms with E-state index in [9.17, 15) is 0 Å². The lowest BCUT2D eigenvalue weighted by molar-refractivity contribution is 0.450. The first-order valence-corrected chi connectivity index (χ1v) is 7.80. The van der Waals surface area contributed by atoms with Crippen LogP contribution < -0.4 is 10.6 Å². The fourth-order valence-electron chi connectivity index (χ4n) is 2.99. The molecule has 1 fully saturated rings. The SMILES string of the molecule is CCC1CCCCN1c1ccc(CC(C)N)c(Cl)c1. The van der Waals surface area contributed by atoms with Gasteiger partial charge >= 0.3 is 0 Å². The van der Waals surface area contributed by atoms with Gasteiger partial charge in [-0.3, -0.25) is 0 Å². The van der Waals surface area contributed by atoms with Gasteiger partial charge in [0.05, 0.1) is 0 Å².